The highest BCUT2D eigenvalue weighted by Gasteiger charge is 2.28. The van der Waals surface area contributed by atoms with Crippen molar-refractivity contribution in [3.63, 3.8) is 0 Å². The fourth-order valence-electron chi connectivity index (χ4n) is 3.08. The van der Waals surface area contributed by atoms with Crippen LogP contribution in [0, 0.1) is 5.92 Å². The topological polar surface area (TPSA) is 50.4 Å². The van der Waals surface area contributed by atoms with E-state index in [4.69, 9.17) is 16.3 Å². The number of ether oxygens (including phenoxy) is 1. The summed E-state index contributed by atoms with van der Waals surface area (Å²) < 4.78 is 5.49. The van der Waals surface area contributed by atoms with E-state index in [9.17, 15) is 4.79 Å². The highest BCUT2D eigenvalue weighted by molar-refractivity contribution is 6.31. The van der Waals surface area contributed by atoms with Crippen LogP contribution in [0.2, 0.25) is 5.02 Å². The van der Waals surface area contributed by atoms with Gasteiger partial charge in [0, 0.05) is 17.1 Å². The lowest BCUT2D eigenvalue weighted by Crippen LogP contribution is -2.35. The zero-order valence-corrected chi connectivity index (χ0v) is 14.3. The van der Waals surface area contributed by atoms with Crippen molar-refractivity contribution in [3.8, 4) is 5.75 Å². The Morgan fingerprint density at radius 1 is 1.21 bits per heavy atom. The van der Waals surface area contributed by atoms with Crippen LogP contribution in [0.5, 0.6) is 5.75 Å². The van der Waals surface area contributed by atoms with Gasteiger partial charge < -0.3 is 15.4 Å². The molecule has 1 amide bonds. The minimum absolute atomic E-state index is 0.00954. The van der Waals surface area contributed by atoms with Crippen LogP contribution >= 0.6 is 11.6 Å². The second kappa shape index (κ2) is 7.69. The standard InChI is InChI=1S/C19H21ClN2O2/c1-24-17-9-5-3-7-15(17)18(14-6-2-4-8-16(14)20)22-19(23)13-10-11-21-12-13/h2-9,13,18,21H,10-12H2,1H3,(H,22,23). The van der Waals surface area contributed by atoms with Crippen LogP contribution in [0.25, 0.3) is 0 Å². The predicted octanol–water partition coefficient (Wildman–Crippen LogP) is 3.16. The molecule has 0 saturated carbocycles. The molecular formula is C19H21ClN2O2. The quantitative estimate of drug-likeness (QED) is 0.876. The molecule has 2 unspecified atom stereocenters. The largest absolute Gasteiger partial charge is 0.496 e. The molecule has 1 fully saturated rings. The Hall–Kier alpha value is -2.04. The second-order valence-electron chi connectivity index (χ2n) is 5.89. The maximum Gasteiger partial charge on any atom is 0.225 e. The number of carbonyl (C=O) groups is 1. The number of halogens is 1. The summed E-state index contributed by atoms with van der Waals surface area (Å²) in [5, 5.41) is 7.02. The van der Waals surface area contributed by atoms with E-state index in [-0.39, 0.29) is 17.9 Å². The number of methoxy groups -OCH3 is 1. The fourth-order valence-corrected chi connectivity index (χ4v) is 3.32. The summed E-state index contributed by atoms with van der Waals surface area (Å²) in [6, 6.07) is 14.9. The molecule has 5 heteroatoms. The molecule has 0 aliphatic carbocycles. The monoisotopic (exact) mass is 344 g/mol. The van der Waals surface area contributed by atoms with E-state index in [1.165, 1.54) is 0 Å². The first-order valence-corrected chi connectivity index (χ1v) is 8.47. The van der Waals surface area contributed by atoms with Gasteiger partial charge in [0.2, 0.25) is 5.91 Å². The normalized spacial score (nSPS) is 18.2. The highest BCUT2D eigenvalue weighted by atomic mass is 35.5. The van der Waals surface area contributed by atoms with Gasteiger partial charge in [0.25, 0.3) is 0 Å². The average molecular weight is 345 g/mol. The molecule has 4 nitrogen and oxygen atoms in total. The Labute approximate surface area is 147 Å². The molecule has 24 heavy (non-hydrogen) atoms. The van der Waals surface area contributed by atoms with Gasteiger partial charge in [-0.3, -0.25) is 4.79 Å². The summed E-state index contributed by atoms with van der Waals surface area (Å²) >= 11 is 6.40. The van der Waals surface area contributed by atoms with Gasteiger partial charge in [-0.05, 0) is 30.7 Å². The number of amides is 1. The molecule has 0 radical (unpaired) electrons. The van der Waals surface area contributed by atoms with Gasteiger partial charge in [0.1, 0.15) is 5.75 Å². The van der Waals surface area contributed by atoms with Crippen molar-refractivity contribution in [2.45, 2.75) is 12.5 Å². The third kappa shape index (κ3) is 3.55. The molecule has 1 saturated heterocycles. The van der Waals surface area contributed by atoms with E-state index in [2.05, 4.69) is 10.6 Å². The lowest BCUT2D eigenvalue weighted by atomic mass is 9.96. The number of para-hydroxylation sites is 1. The van der Waals surface area contributed by atoms with Crippen LogP contribution in [0.1, 0.15) is 23.6 Å². The molecule has 2 N–H and O–H groups in total. The van der Waals surface area contributed by atoms with Crippen molar-refractivity contribution in [3.05, 3.63) is 64.7 Å². The Kier molecular flexibility index (Phi) is 5.38. The second-order valence-corrected chi connectivity index (χ2v) is 6.30. The van der Waals surface area contributed by atoms with E-state index in [0.717, 1.165) is 29.8 Å². The summed E-state index contributed by atoms with van der Waals surface area (Å²) in [6.45, 7) is 1.59. The molecule has 2 aromatic rings. The highest BCUT2D eigenvalue weighted by Crippen LogP contribution is 2.33. The van der Waals surface area contributed by atoms with E-state index in [0.29, 0.717) is 11.6 Å². The molecule has 0 spiro atoms. The lowest BCUT2D eigenvalue weighted by molar-refractivity contribution is -0.124. The van der Waals surface area contributed by atoms with Crippen LogP contribution < -0.4 is 15.4 Å². The minimum Gasteiger partial charge on any atom is -0.496 e. The number of benzene rings is 2. The van der Waals surface area contributed by atoms with Crippen molar-refractivity contribution >= 4 is 17.5 Å². The molecule has 126 valence electrons. The molecule has 1 aliphatic rings. The number of carbonyl (C=O) groups excluding carboxylic acids is 1. The van der Waals surface area contributed by atoms with Crippen molar-refractivity contribution in [1.29, 1.82) is 0 Å². The summed E-state index contributed by atoms with van der Waals surface area (Å²) in [6.07, 6.45) is 0.854. The molecule has 2 aromatic carbocycles. The van der Waals surface area contributed by atoms with Crippen LogP contribution in [0.4, 0.5) is 0 Å². The van der Waals surface area contributed by atoms with E-state index < -0.39 is 0 Å². The lowest BCUT2D eigenvalue weighted by Gasteiger charge is -2.24. The third-order valence-corrected chi connectivity index (χ3v) is 4.73. The summed E-state index contributed by atoms with van der Waals surface area (Å²) in [5.74, 6) is 0.757. The Bertz CT molecular complexity index is 714. The van der Waals surface area contributed by atoms with Crippen LogP contribution in [0.15, 0.2) is 48.5 Å². The minimum atomic E-state index is -0.344. The zero-order chi connectivity index (χ0) is 16.9. The molecular weight excluding hydrogens is 324 g/mol. The van der Waals surface area contributed by atoms with Gasteiger partial charge in [-0.25, -0.2) is 0 Å². The fraction of sp³-hybridized carbons (Fsp3) is 0.316. The van der Waals surface area contributed by atoms with Crippen LogP contribution in [-0.2, 0) is 4.79 Å². The number of hydrogen-bond donors (Lipinski definition) is 2. The predicted molar refractivity (Wildman–Crippen MR) is 95.4 cm³/mol. The molecule has 1 aliphatic heterocycles. The summed E-state index contributed by atoms with van der Waals surface area (Å²) in [7, 11) is 1.63. The van der Waals surface area contributed by atoms with E-state index >= 15 is 0 Å². The van der Waals surface area contributed by atoms with Crippen LogP contribution in [-0.4, -0.2) is 26.1 Å². The van der Waals surface area contributed by atoms with Crippen LogP contribution in [0.3, 0.4) is 0 Å². The summed E-state index contributed by atoms with van der Waals surface area (Å²) in [5.41, 5.74) is 1.76. The smallest absolute Gasteiger partial charge is 0.225 e. The Morgan fingerprint density at radius 2 is 1.92 bits per heavy atom. The van der Waals surface area contributed by atoms with Gasteiger partial charge >= 0.3 is 0 Å². The van der Waals surface area contributed by atoms with Crippen molar-refractivity contribution in [2.75, 3.05) is 20.2 Å². The number of hydrogen-bond acceptors (Lipinski definition) is 3. The molecule has 2 atom stereocenters. The molecule has 0 aromatic heterocycles. The SMILES string of the molecule is COc1ccccc1C(NC(=O)C1CCNC1)c1ccccc1Cl. The first-order chi connectivity index (χ1) is 11.7. The maximum absolute atomic E-state index is 12.7. The third-order valence-electron chi connectivity index (χ3n) is 4.38. The van der Waals surface area contributed by atoms with E-state index in [1.807, 2.05) is 48.5 Å². The maximum atomic E-state index is 12.7. The number of nitrogens with one attached hydrogen (secondary N) is 2. The summed E-state index contributed by atoms with van der Waals surface area (Å²) in [4.78, 5) is 12.7. The molecule has 1 heterocycles. The Balaban J connectivity index is 1.97. The van der Waals surface area contributed by atoms with Gasteiger partial charge in [-0.15, -0.1) is 0 Å². The van der Waals surface area contributed by atoms with Gasteiger partial charge in [-0.1, -0.05) is 48.0 Å². The van der Waals surface area contributed by atoms with Crippen molar-refractivity contribution in [2.24, 2.45) is 5.92 Å². The molecule has 3 rings (SSSR count). The average Bonchev–Trinajstić information content (AvgIpc) is 3.15. The van der Waals surface area contributed by atoms with Gasteiger partial charge in [0.15, 0.2) is 0 Å². The molecule has 0 bridgehead atoms. The first-order valence-electron chi connectivity index (χ1n) is 8.09. The first kappa shape index (κ1) is 16.8. The van der Waals surface area contributed by atoms with Gasteiger partial charge in [-0.2, -0.15) is 0 Å². The van der Waals surface area contributed by atoms with E-state index in [1.54, 1.807) is 7.11 Å². The van der Waals surface area contributed by atoms with Gasteiger partial charge in [0.05, 0.1) is 19.1 Å². The zero-order valence-electron chi connectivity index (χ0n) is 13.6. The number of rotatable bonds is 5. The van der Waals surface area contributed by atoms with Crippen molar-refractivity contribution < 1.29 is 9.53 Å². The Morgan fingerprint density at radius 3 is 2.58 bits per heavy atom. The van der Waals surface area contributed by atoms with Crippen molar-refractivity contribution in [1.82, 2.24) is 10.6 Å².